The van der Waals surface area contributed by atoms with Crippen LogP contribution in [-0.4, -0.2) is 52.4 Å². The number of hydrogen-bond donors (Lipinski definition) is 1. The van der Waals surface area contributed by atoms with Crippen molar-refractivity contribution in [2.24, 2.45) is 0 Å². The van der Waals surface area contributed by atoms with Crippen LogP contribution in [0.15, 0.2) is 48.5 Å². The van der Waals surface area contributed by atoms with E-state index >= 15 is 0 Å². The monoisotopic (exact) mass is 472 g/mol. The first-order valence-electron chi connectivity index (χ1n) is 11.7. The molecule has 5 rings (SSSR count). The minimum Gasteiger partial charge on any atom is -0.497 e. The topological polar surface area (TPSA) is 93.7 Å². The number of piperidine rings is 1. The third-order valence-corrected chi connectivity index (χ3v) is 6.61. The molecule has 8 nitrogen and oxygen atoms in total. The van der Waals surface area contributed by atoms with Gasteiger partial charge in [-0.15, -0.1) is 0 Å². The fourth-order valence-electron chi connectivity index (χ4n) is 4.82. The minimum absolute atomic E-state index is 0.0472. The van der Waals surface area contributed by atoms with Crippen molar-refractivity contribution in [3.8, 4) is 11.5 Å². The van der Waals surface area contributed by atoms with Crippen LogP contribution in [0.5, 0.6) is 11.5 Å². The number of fused-ring (bicyclic) bond motifs is 1. The normalized spacial score (nSPS) is 16.4. The summed E-state index contributed by atoms with van der Waals surface area (Å²) < 4.78 is 11.6. The summed E-state index contributed by atoms with van der Waals surface area (Å²) in [5, 5.41) is 3.19. The molecule has 2 aromatic carbocycles. The van der Waals surface area contributed by atoms with Gasteiger partial charge in [0.2, 0.25) is 5.95 Å². The highest BCUT2D eigenvalue weighted by molar-refractivity contribution is 6.00. The molecule has 3 heterocycles. The van der Waals surface area contributed by atoms with Gasteiger partial charge in [0.1, 0.15) is 17.1 Å². The Morgan fingerprint density at radius 3 is 2.51 bits per heavy atom. The number of carbonyl (C=O) groups is 2. The van der Waals surface area contributed by atoms with Crippen LogP contribution >= 0.6 is 0 Å². The second-order valence-corrected chi connectivity index (χ2v) is 9.22. The third-order valence-electron chi connectivity index (χ3n) is 6.61. The summed E-state index contributed by atoms with van der Waals surface area (Å²) in [5.41, 5.74) is 3.09. The highest BCUT2D eigenvalue weighted by Gasteiger charge is 2.43. The lowest BCUT2D eigenvalue weighted by atomic mass is 9.82. The van der Waals surface area contributed by atoms with Crippen molar-refractivity contribution >= 4 is 23.3 Å². The Bertz CT molecular complexity index is 1280. The van der Waals surface area contributed by atoms with Crippen LogP contribution in [0.1, 0.15) is 51.4 Å². The summed E-state index contributed by atoms with van der Waals surface area (Å²) in [5.74, 6) is 1.74. The molecule has 1 saturated heterocycles. The van der Waals surface area contributed by atoms with E-state index in [9.17, 15) is 9.59 Å². The van der Waals surface area contributed by atoms with E-state index in [1.807, 2.05) is 49.1 Å². The number of methoxy groups -OCH3 is 1. The quantitative estimate of drug-likeness (QED) is 0.598. The van der Waals surface area contributed by atoms with Gasteiger partial charge in [-0.25, -0.2) is 9.97 Å². The van der Waals surface area contributed by atoms with Crippen molar-refractivity contribution in [1.29, 1.82) is 0 Å². The molecule has 0 bridgehead atoms. The minimum atomic E-state index is -0.586. The molecule has 1 fully saturated rings. The molecule has 180 valence electrons. The van der Waals surface area contributed by atoms with Gasteiger partial charge in [0.25, 0.3) is 5.91 Å². The zero-order valence-electron chi connectivity index (χ0n) is 20.1. The van der Waals surface area contributed by atoms with Crippen LogP contribution < -0.4 is 14.8 Å². The fourth-order valence-corrected chi connectivity index (χ4v) is 4.82. The van der Waals surface area contributed by atoms with Crippen molar-refractivity contribution in [2.75, 3.05) is 25.5 Å². The van der Waals surface area contributed by atoms with Gasteiger partial charge in [-0.2, -0.15) is 0 Å². The van der Waals surface area contributed by atoms with Gasteiger partial charge in [0.05, 0.1) is 19.1 Å². The molecule has 35 heavy (non-hydrogen) atoms. The predicted molar refractivity (Wildman–Crippen MR) is 132 cm³/mol. The predicted octanol–water partition coefficient (Wildman–Crippen LogP) is 4.49. The number of amides is 1. The summed E-state index contributed by atoms with van der Waals surface area (Å²) in [7, 11) is 1.59. The second-order valence-electron chi connectivity index (χ2n) is 9.22. The van der Waals surface area contributed by atoms with Crippen LogP contribution in [0.4, 0.5) is 11.6 Å². The third kappa shape index (κ3) is 4.69. The number of likely N-dealkylation sites (tertiary alicyclic amines) is 1. The van der Waals surface area contributed by atoms with E-state index in [4.69, 9.17) is 9.47 Å². The number of ether oxygens (including phenoxy) is 2. The van der Waals surface area contributed by atoms with Crippen LogP contribution in [0.25, 0.3) is 0 Å². The number of aryl methyl sites for hydroxylation is 2. The molecule has 1 aromatic heterocycles. The summed E-state index contributed by atoms with van der Waals surface area (Å²) >= 11 is 0. The van der Waals surface area contributed by atoms with Crippen LogP contribution in [0, 0.1) is 13.8 Å². The smallest absolute Gasteiger partial charge is 0.253 e. The maximum absolute atomic E-state index is 13.3. The van der Waals surface area contributed by atoms with E-state index in [0.717, 1.165) is 17.1 Å². The lowest BCUT2D eigenvalue weighted by Crippen LogP contribution is -2.52. The standard InChI is InChI=1S/C27H28N4O4/c1-17-13-18(2)29-26(28-17)30-20-6-4-5-19(14-20)25(33)31-11-9-27(10-12-31)16-23(32)22-8-7-21(34-3)15-24(22)35-27/h4-8,13-15H,9-12,16H2,1-3H3,(H,28,29,30). The van der Waals surface area contributed by atoms with Gasteiger partial charge in [-0.05, 0) is 50.2 Å². The first-order valence-corrected chi connectivity index (χ1v) is 11.7. The molecule has 2 aliphatic heterocycles. The summed E-state index contributed by atoms with van der Waals surface area (Å²) in [4.78, 5) is 36.7. The Balaban J connectivity index is 1.27. The molecule has 3 aromatic rings. The van der Waals surface area contributed by atoms with Crippen molar-refractivity contribution < 1.29 is 19.1 Å². The zero-order chi connectivity index (χ0) is 24.6. The Morgan fingerprint density at radius 2 is 1.80 bits per heavy atom. The second kappa shape index (κ2) is 9.02. The van der Waals surface area contributed by atoms with Crippen molar-refractivity contribution in [3.05, 3.63) is 71.0 Å². The average Bonchev–Trinajstić information content (AvgIpc) is 2.83. The summed E-state index contributed by atoms with van der Waals surface area (Å²) in [6, 6.07) is 14.6. The van der Waals surface area contributed by atoms with Gasteiger partial charge in [-0.1, -0.05) is 6.07 Å². The van der Waals surface area contributed by atoms with Gasteiger partial charge < -0.3 is 19.7 Å². The highest BCUT2D eigenvalue weighted by atomic mass is 16.5. The molecule has 0 unspecified atom stereocenters. The number of benzene rings is 2. The molecule has 8 heteroatoms. The number of nitrogens with zero attached hydrogens (tertiary/aromatic N) is 3. The van der Waals surface area contributed by atoms with E-state index in [-0.39, 0.29) is 11.7 Å². The number of ketones is 1. The largest absolute Gasteiger partial charge is 0.497 e. The Morgan fingerprint density at radius 1 is 1.06 bits per heavy atom. The first kappa shape index (κ1) is 22.8. The molecular weight excluding hydrogens is 444 g/mol. The molecule has 0 aliphatic carbocycles. The number of carbonyl (C=O) groups excluding carboxylic acids is 2. The number of rotatable bonds is 4. The highest BCUT2D eigenvalue weighted by Crippen LogP contribution is 2.41. The van der Waals surface area contributed by atoms with Crippen LogP contribution in [0.3, 0.4) is 0 Å². The van der Waals surface area contributed by atoms with Crippen LogP contribution in [0.2, 0.25) is 0 Å². The van der Waals surface area contributed by atoms with Gasteiger partial charge in [0.15, 0.2) is 5.78 Å². The number of nitrogens with one attached hydrogen (secondary N) is 1. The van der Waals surface area contributed by atoms with E-state index in [1.165, 1.54) is 0 Å². The average molecular weight is 473 g/mol. The molecule has 1 N–H and O–H groups in total. The molecule has 0 saturated carbocycles. The van der Waals surface area contributed by atoms with Crippen molar-refractivity contribution in [1.82, 2.24) is 14.9 Å². The Labute approximate surface area is 204 Å². The number of hydrogen-bond acceptors (Lipinski definition) is 7. The lowest BCUT2D eigenvalue weighted by molar-refractivity contribution is -0.00581. The number of anilines is 2. The van der Waals surface area contributed by atoms with Crippen molar-refractivity contribution in [2.45, 2.75) is 38.7 Å². The summed E-state index contributed by atoms with van der Waals surface area (Å²) in [6.07, 6.45) is 1.51. The zero-order valence-corrected chi connectivity index (χ0v) is 20.1. The summed E-state index contributed by atoms with van der Waals surface area (Å²) in [6.45, 7) is 4.87. The first-order chi connectivity index (χ1) is 16.8. The molecule has 0 radical (unpaired) electrons. The molecule has 1 spiro atoms. The molecule has 0 atom stereocenters. The maximum Gasteiger partial charge on any atom is 0.253 e. The van der Waals surface area contributed by atoms with Gasteiger partial charge in [0, 0.05) is 54.6 Å². The maximum atomic E-state index is 13.3. The Hall–Kier alpha value is -3.94. The SMILES string of the molecule is COc1ccc2c(c1)OC1(CCN(C(=O)c3cccc(Nc4nc(C)cc(C)n4)c3)CC1)CC2=O. The van der Waals surface area contributed by atoms with Crippen molar-refractivity contribution in [3.63, 3.8) is 0 Å². The molecular formula is C27H28N4O4. The van der Waals surface area contributed by atoms with Gasteiger partial charge >= 0.3 is 0 Å². The van der Waals surface area contributed by atoms with Gasteiger partial charge in [-0.3, -0.25) is 9.59 Å². The molecule has 2 aliphatic rings. The number of Topliss-reactive ketones (excluding diaryl/α,β-unsaturated/α-hetero) is 1. The van der Waals surface area contributed by atoms with Crippen LogP contribution in [-0.2, 0) is 0 Å². The van der Waals surface area contributed by atoms with E-state index < -0.39 is 5.60 Å². The van der Waals surface area contributed by atoms with E-state index in [0.29, 0.717) is 60.9 Å². The lowest BCUT2D eigenvalue weighted by Gasteiger charge is -2.44. The van der Waals surface area contributed by atoms with E-state index in [1.54, 1.807) is 25.3 Å². The van der Waals surface area contributed by atoms with E-state index in [2.05, 4.69) is 15.3 Å². The Kier molecular flexibility index (Phi) is 5.88. The number of aromatic nitrogens is 2. The molecule has 1 amide bonds. The fraction of sp³-hybridized carbons (Fsp3) is 0.333.